The van der Waals surface area contributed by atoms with Gasteiger partial charge in [-0.1, -0.05) is 31.3 Å². The number of thioether (sulfide) groups is 1. The first-order valence-corrected chi connectivity index (χ1v) is 14.0. The second-order valence-electron chi connectivity index (χ2n) is 8.12. The largest absolute Gasteiger partial charge is 0.403 e. The van der Waals surface area contributed by atoms with Gasteiger partial charge in [0.15, 0.2) is 0 Å². The molecule has 1 saturated carbocycles. The van der Waals surface area contributed by atoms with Gasteiger partial charge >= 0.3 is 6.01 Å². The van der Waals surface area contributed by atoms with Crippen molar-refractivity contribution in [3.05, 3.63) is 54.1 Å². The molecule has 8 nitrogen and oxygen atoms in total. The first kappa shape index (κ1) is 24.4. The Balaban J connectivity index is 1.44. The van der Waals surface area contributed by atoms with E-state index in [2.05, 4.69) is 15.5 Å². The minimum absolute atomic E-state index is 0.0277. The maximum atomic E-state index is 13.2. The van der Waals surface area contributed by atoms with Crippen molar-refractivity contribution in [1.82, 2.24) is 14.5 Å². The van der Waals surface area contributed by atoms with Crippen LogP contribution in [0.5, 0.6) is 0 Å². The van der Waals surface area contributed by atoms with E-state index in [0.717, 1.165) is 42.6 Å². The van der Waals surface area contributed by atoms with E-state index in [-0.39, 0.29) is 17.0 Å². The normalized spacial score (nSPS) is 14.9. The molecule has 3 aromatic rings. The van der Waals surface area contributed by atoms with E-state index < -0.39 is 15.9 Å². The minimum atomic E-state index is -3.63. The monoisotopic (exact) mass is 500 g/mol. The predicted octanol–water partition coefficient (Wildman–Crippen LogP) is 5.05. The number of carbonyl (C=O) groups is 1. The second-order valence-corrected chi connectivity index (χ2v) is 10.9. The highest BCUT2D eigenvalue weighted by molar-refractivity contribution is 7.98. The molecule has 0 spiro atoms. The molecule has 180 valence electrons. The van der Waals surface area contributed by atoms with Gasteiger partial charge in [-0.05, 0) is 67.6 Å². The third-order valence-corrected chi connectivity index (χ3v) is 8.78. The fourth-order valence-electron chi connectivity index (χ4n) is 4.20. The van der Waals surface area contributed by atoms with Crippen molar-refractivity contribution in [1.29, 1.82) is 0 Å². The molecule has 1 aromatic heterocycles. The lowest BCUT2D eigenvalue weighted by Crippen LogP contribution is -2.41. The van der Waals surface area contributed by atoms with E-state index in [0.29, 0.717) is 18.0 Å². The van der Waals surface area contributed by atoms with Crippen LogP contribution in [0.1, 0.15) is 49.4 Å². The summed E-state index contributed by atoms with van der Waals surface area (Å²) < 4.78 is 33.6. The van der Waals surface area contributed by atoms with Crippen LogP contribution in [-0.4, -0.2) is 47.7 Å². The van der Waals surface area contributed by atoms with Crippen LogP contribution in [0, 0.1) is 0 Å². The van der Waals surface area contributed by atoms with E-state index in [1.165, 1.54) is 24.3 Å². The number of nitrogens with zero attached hydrogens (tertiary/aromatic N) is 3. The van der Waals surface area contributed by atoms with Gasteiger partial charge < -0.3 is 4.42 Å². The van der Waals surface area contributed by atoms with E-state index >= 15 is 0 Å². The standard InChI is InChI=1S/C24H28N4O4S2/c1-3-28(19-7-5-4-6-8-19)34(30,31)21-15-11-17(12-16-21)22(29)25-24-27-26-23(32-24)18-9-13-20(33-2)14-10-18/h9-16,19H,3-8H2,1-2H3,(H,25,27,29). The highest BCUT2D eigenvalue weighted by Crippen LogP contribution is 2.28. The molecule has 1 heterocycles. The van der Waals surface area contributed by atoms with Gasteiger partial charge in [-0.15, -0.1) is 16.9 Å². The summed E-state index contributed by atoms with van der Waals surface area (Å²) in [5, 5.41) is 10.4. The van der Waals surface area contributed by atoms with Gasteiger partial charge in [-0.3, -0.25) is 10.1 Å². The molecule has 1 N–H and O–H groups in total. The molecule has 0 radical (unpaired) electrons. The van der Waals surface area contributed by atoms with E-state index in [1.807, 2.05) is 37.4 Å². The van der Waals surface area contributed by atoms with Crippen LogP contribution < -0.4 is 5.32 Å². The number of hydrogen-bond donors (Lipinski definition) is 1. The molecular formula is C24H28N4O4S2. The van der Waals surface area contributed by atoms with Crippen molar-refractivity contribution < 1.29 is 17.6 Å². The van der Waals surface area contributed by atoms with Crippen molar-refractivity contribution >= 4 is 33.7 Å². The van der Waals surface area contributed by atoms with Crippen LogP contribution >= 0.6 is 11.8 Å². The Bertz CT molecular complexity index is 1220. The van der Waals surface area contributed by atoms with Gasteiger partial charge in [0.2, 0.25) is 15.9 Å². The van der Waals surface area contributed by atoms with Crippen LogP contribution in [0.15, 0.2) is 62.7 Å². The fraction of sp³-hybridized carbons (Fsp3) is 0.375. The first-order valence-electron chi connectivity index (χ1n) is 11.3. The van der Waals surface area contributed by atoms with Crippen molar-refractivity contribution in [2.24, 2.45) is 0 Å². The highest BCUT2D eigenvalue weighted by atomic mass is 32.2. The van der Waals surface area contributed by atoms with Gasteiger partial charge in [0.25, 0.3) is 5.91 Å². The van der Waals surface area contributed by atoms with E-state index in [1.54, 1.807) is 16.1 Å². The van der Waals surface area contributed by atoms with Crippen LogP contribution in [0.25, 0.3) is 11.5 Å². The Morgan fingerprint density at radius 1 is 1.06 bits per heavy atom. The van der Waals surface area contributed by atoms with E-state index in [9.17, 15) is 13.2 Å². The molecule has 1 aliphatic rings. The molecule has 1 amide bonds. The summed E-state index contributed by atoms with van der Waals surface area (Å²) >= 11 is 1.63. The SMILES string of the molecule is CCN(C1CCCCC1)S(=O)(=O)c1ccc(C(=O)Nc2nnc(-c3ccc(SC)cc3)o2)cc1. The Labute approximate surface area is 204 Å². The quantitative estimate of drug-likeness (QED) is 0.431. The maximum absolute atomic E-state index is 13.2. The maximum Gasteiger partial charge on any atom is 0.322 e. The van der Waals surface area contributed by atoms with Gasteiger partial charge in [-0.25, -0.2) is 8.42 Å². The van der Waals surface area contributed by atoms with Crippen LogP contribution in [-0.2, 0) is 10.0 Å². The number of sulfonamides is 1. The Kier molecular flexibility index (Phi) is 7.70. The summed E-state index contributed by atoms with van der Waals surface area (Å²) in [6, 6.07) is 13.6. The Morgan fingerprint density at radius 2 is 1.74 bits per heavy atom. The van der Waals surface area contributed by atoms with Crippen molar-refractivity contribution in [2.75, 3.05) is 18.1 Å². The molecule has 2 aromatic carbocycles. The molecule has 10 heteroatoms. The summed E-state index contributed by atoms with van der Waals surface area (Å²) in [5.41, 5.74) is 1.04. The molecule has 0 atom stereocenters. The third-order valence-electron chi connectivity index (χ3n) is 6.00. The Morgan fingerprint density at radius 3 is 2.35 bits per heavy atom. The van der Waals surface area contributed by atoms with Gasteiger partial charge in [-0.2, -0.15) is 4.31 Å². The lowest BCUT2D eigenvalue weighted by Gasteiger charge is -2.32. The Hall–Kier alpha value is -2.69. The van der Waals surface area contributed by atoms with Crippen molar-refractivity contribution in [3.63, 3.8) is 0 Å². The average Bonchev–Trinajstić information content (AvgIpc) is 3.33. The summed E-state index contributed by atoms with van der Waals surface area (Å²) in [6.07, 6.45) is 7.03. The van der Waals surface area contributed by atoms with Crippen LogP contribution in [0.4, 0.5) is 6.01 Å². The molecule has 34 heavy (non-hydrogen) atoms. The average molecular weight is 501 g/mol. The zero-order chi connectivity index (χ0) is 24.1. The first-order chi connectivity index (χ1) is 16.4. The van der Waals surface area contributed by atoms with Crippen LogP contribution in [0.2, 0.25) is 0 Å². The zero-order valence-corrected chi connectivity index (χ0v) is 20.9. The smallest absolute Gasteiger partial charge is 0.322 e. The number of benzene rings is 2. The highest BCUT2D eigenvalue weighted by Gasteiger charge is 2.31. The third kappa shape index (κ3) is 5.34. The number of hydrogen-bond acceptors (Lipinski definition) is 7. The number of aromatic nitrogens is 2. The molecule has 0 bridgehead atoms. The molecule has 4 rings (SSSR count). The van der Waals surface area contributed by atoms with Gasteiger partial charge in [0.05, 0.1) is 4.90 Å². The number of rotatable bonds is 8. The predicted molar refractivity (Wildman–Crippen MR) is 132 cm³/mol. The van der Waals surface area contributed by atoms with Crippen LogP contribution in [0.3, 0.4) is 0 Å². The lowest BCUT2D eigenvalue weighted by atomic mass is 9.95. The van der Waals surface area contributed by atoms with E-state index in [4.69, 9.17) is 4.42 Å². The second kappa shape index (κ2) is 10.7. The minimum Gasteiger partial charge on any atom is -0.403 e. The van der Waals surface area contributed by atoms with Gasteiger partial charge in [0, 0.05) is 28.6 Å². The van der Waals surface area contributed by atoms with Gasteiger partial charge in [0.1, 0.15) is 0 Å². The number of carbonyl (C=O) groups excluding carboxylic acids is 1. The molecule has 0 aliphatic heterocycles. The molecular weight excluding hydrogens is 472 g/mol. The molecule has 0 saturated heterocycles. The number of anilines is 1. The number of nitrogens with one attached hydrogen (secondary N) is 1. The van der Waals surface area contributed by atoms with Crippen molar-refractivity contribution in [3.8, 4) is 11.5 Å². The fourth-order valence-corrected chi connectivity index (χ4v) is 6.30. The lowest BCUT2D eigenvalue weighted by molar-refractivity contribution is 0.102. The molecule has 0 unspecified atom stereocenters. The summed E-state index contributed by atoms with van der Waals surface area (Å²) in [7, 11) is -3.63. The topological polar surface area (TPSA) is 105 Å². The molecule has 1 fully saturated rings. The zero-order valence-electron chi connectivity index (χ0n) is 19.2. The summed E-state index contributed by atoms with van der Waals surface area (Å²) in [5.74, 6) is -0.164. The van der Waals surface area contributed by atoms with Crippen molar-refractivity contribution in [2.45, 2.75) is 54.9 Å². The summed E-state index contributed by atoms with van der Waals surface area (Å²) in [4.78, 5) is 13.9. The molecule has 1 aliphatic carbocycles. The number of amides is 1. The summed E-state index contributed by atoms with van der Waals surface area (Å²) in [6.45, 7) is 2.29.